The molecule has 0 radical (unpaired) electrons. The zero-order chi connectivity index (χ0) is 9.78. The Kier molecular flexibility index (Phi) is 4.20. The average molecular weight is 174 g/mol. The molecular weight excluding hydrogens is 156 g/mol. The molecule has 1 atom stereocenters. The monoisotopic (exact) mass is 174 g/mol. The molecular formula is C8H18N2O2. The summed E-state index contributed by atoms with van der Waals surface area (Å²) in [6, 6.07) is -0.802. The first kappa shape index (κ1) is 11.4. The Bertz CT molecular complexity index is 157. The number of nitrogens with two attached hydrogens (primary N) is 2. The lowest BCUT2D eigenvalue weighted by Gasteiger charge is -2.28. The lowest BCUT2D eigenvalue weighted by molar-refractivity contribution is -0.141. The van der Waals surface area contributed by atoms with E-state index < -0.39 is 12.0 Å². The summed E-state index contributed by atoms with van der Waals surface area (Å²) in [7, 11) is 0. The van der Waals surface area contributed by atoms with Gasteiger partial charge in [0, 0.05) is 0 Å². The summed E-state index contributed by atoms with van der Waals surface area (Å²) < 4.78 is 0. The molecule has 0 saturated carbocycles. The highest BCUT2D eigenvalue weighted by molar-refractivity contribution is 5.74. The van der Waals surface area contributed by atoms with Crippen molar-refractivity contribution >= 4 is 5.97 Å². The molecule has 0 bridgehead atoms. The molecule has 0 aromatic heterocycles. The summed E-state index contributed by atoms with van der Waals surface area (Å²) in [5, 5.41) is 8.66. The summed E-state index contributed by atoms with van der Waals surface area (Å²) >= 11 is 0. The van der Waals surface area contributed by atoms with Gasteiger partial charge in [0.25, 0.3) is 0 Å². The van der Waals surface area contributed by atoms with Crippen LogP contribution in [-0.2, 0) is 4.79 Å². The zero-order valence-corrected chi connectivity index (χ0v) is 7.71. The van der Waals surface area contributed by atoms with Crippen LogP contribution in [0.3, 0.4) is 0 Å². The van der Waals surface area contributed by atoms with E-state index in [0.717, 1.165) is 12.8 Å². The second kappa shape index (κ2) is 4.42. The van der Waals surface area contributed by atoms with Crippen molar-refractivity contribution in [3.63, 3.8) is 0 Å². The molecule has 0 unspecified atom stereocenters. The number of carbonyl (C=O) groups is 1. The van der Waals surface area contributed by atoms with Gasteiger partial charge in [-0.15, -0.1) is 0 Å². The second-order valence-electron chi connectivity index (χ2n) is 3.70. The molecule has 72 valence electrons. The highest BCUT2D eigenvalue weighted by atomic mass is 16.4. The van der Waals surface area contributed by atoms with Crippen LogP contribution >= 0.6 is 0 Å². The zero-order valence-electron chi connectivity index (χ0n) is 7.71. The molecule has 5 N–H and O–H groups in total. The van der Waals surface area contributed by atoms with Gasteiger partial charge in [-0.1, -0.05) is 13.8 Å². The SMILES string of the molecule is CC(C)(CCCN)[C@H](N)C(=O)O. The molecule has 4 nitrogen and oxygen atoms in total. The predicted molar refractivity (Wildman–Crippen MR) is 47.7 cm³/mol. The van der Waals surface area contributed by atoms with Crippen LogP contribution in [0.2, 0.25) is 0 Å². The largest absolute Gasteiger partial charge is 0.480 e. The van der Waals surface area contributed by atoms with E-state index in [4.69, 9.17) is 16.6 Å². The average Bonchev–Trinajstić information content (AvgIpc) is 1.99. The van der Waals surface area contributed by atoms with Crippen LogP contribution in [0.25, 0.3) is 0 Å². The van der Waals surface area contributed by atoms with Crippen LogP contribution in [0.15, 0.2) is 0 Å². The van der Waals surface area contributed by atoms with Crippen molar-refractivity contribution in [2.24, 2.45) is 16.9 Å². The Morgan fingerprint density at radius 3 is 2.42 bits per heavy atom. The van der Waals surface area contributed by atoms with Crippen molar-refractivity contribution in [3.8, 4) is 0 Å². The molecule has 0 spiro atoms. The highest BCUT2D eigenvalue weighted by Crippen LogP contribution is 2.25. The van der Waals surface area contributed by atoms with E-state index in [2.05, 4.69) is 0 Å². The Balaban J connectivity index is 4.08. The Morgan fingerprint density at radius 2 is 2.08 bits per heavy atom. The van der Waals surface area contributed by atoms with E-state index in [-0.39, 0.29) is 5.41 Å². The van der Waals surface area contributed by atoms with Crippen LogP contribution < -0.4 is 11.5 Å². The van der Waals surface area contributed by atoms with E-state index in [1.54, 1.807) is 0 Å². The maximum atomic E-state index is 10.6. The van der Waals surface area contributed by atoms with Crippen molar-refractivity contribution in [1.29, 1.82) is 0 Å². The number of carboxylic acids is 1. The minimum Gasteiger partial charge on any atom is -0.480 e. The number of carboxylic acid groups (broad SMARTS) is 1. The molecule has 0 aliphatic carbocycles. The number of hydrogen-bond donors (Lipinski definition) is 3. The second-order valence-corrected chi connectivity index (χ2v) is 3.70. The van der Waals surface area contributed by atoms with Crippen LogP contribution in [0.4, 0.5) is 0 Å². The van der Waals surface area contributed by atoms with Gasteiger partial charge in [-0.3, -0.25) is 4.79 Å². The van der Waals surface area contributed by atoms with Crippen molar-refractivity contribution < 1.29 is 9.90 Å². The molecule has 0 fully saturated rings. The number of aliphatic carboxylic acids is 1. The van der Waals surface area contributed by atoms with Crippen LogP contribution in [0, 0.1) is 5.41 Å². The molecule has 12 heavy (non-hydrogen) atoms. The smallest absolute Gasteiger partial charge is 0.321 e. The van der Waals surface area contributed by atoms with Crippen molar-refractivity contribution in [2.75, 3.05) is 6.54 Å². The van der Waals surface area contributed by atoms with Crippen LogP contribution in [-0.4, -0.2) is 23.7 Å². The first-order chi connectivity index (χ1) is 5.41. The molecule has 4 heteroatoms. The number of rotatable bonds is 5. The van der Waals surface area contributed by atoms with Gasteiger partial charge in [-0.05, 0) is 24.8 Å². The maximum absolute atomic E-state index is 10.6. The fourth-order valence-corrected chi connectivity index (χ4v) is 1.05. The van der Waals surface area contributed by atoms with Gasteiger partial charge in [0.15, 0.2) is 0 Å². The normalized spacial score (nSPS) is 14.3. The van der Waals surface area contributed by atoms with Crippen LogP contribution in [0.5, 0.6) is 0 Å². The van der Waals surface area contributed by atoms with Crippen molar-refractivity contribution in [1.82, 2.24) is 0 Å². The van der Waals surface area contributed by atoms with Gasteiger partial charge in [0.2, 0.25) is 0 Å². The minimum atomic E-state index is -0.947. The molecule has 0 aromatic rings. The third-order valence-electron chi connectivity index (χ3n) is 2.13. The van der Waals surface area contributed by atoms with Gasteiger partial charge >= 0.3 is 5.97 Å². The first-order valence-electron chi connectivity index (χ1n) is 4.10. The topological polar surface area (TPSA) is 89.3 Å². The van der Waals surface area contributed by atoms with E-state index in [1.165, 1.54) is 0 Å². The fraction of sp³-hybridized carbons (Fsp3) is 0.875. The fourth-order valence-electron chi connectivity index (χ4n) is 1.05. The predicted octanol–water partition coefficient (Wildman–Crippen LogP) is 0.163. The standard InChI is InChI=1S/C8H18N2O2/c1-8(2,4-3-5-9)6(10)7(11)12/h6H,3-5,9-10H2,1-2H3,(H,11,12)/t6-/m1/s1. The highest BCUT2D eigenvalue weighted by Gasteiger charge is 2.30. The van der Waals surface area contributed by atoms with Crippen molar-refractivity contribution in [2.45, 2.75) is 32.7 Å². The summed E-state index contributed by atoms with van der Waals surface area (Å²) in [4.78, 5) is 10.6. The summed E-state index contributed by atoms with van der Waals surface area (Å²) in [6.45, 7) is 4.28. The Labute approximate surface area is 72.9 Å². The van der Waals surface area contributed by atoms with E-state index in [0.29, 0.717) is 6.54 Å². The summed E-state index contributed by atoms with van der Waals surface area (Å²) in [5.74, 6) is -0.947. The van der Waals surface area contributed by atoms with E-state index in [1.807, 2.05) is 13.8 Å². The third kappa shape index (κ3) is 3.19. The van der Waals surface area contributed by atoms with Gasteiger partial charge in [-0.25, -0.2) is 0 Å². The molecule has 0 heterocycles. The Morgan fingerprint density at radius 1 is 1.58 bits per heavy atom. The van der Waals surface area contributed by atoms with Gasteiger partial charge in [0.1, 0.15) is 6.04 Å². The maximum Gasteiger partial charge on any atom is 0.321 e. The Hall–Kier alpha value is -0.610. The van der Waals surface area contributed by atoms with Gasteiger partial charge in [-0.2, -0.15) is 0 Å². The quantitative estimate of drug-likeness (QED) is 0.554. The minimum absolute atomic E-state index is 0.370. The summed E-state index contributed by atoms with van der Waals surface area (Å²) in [6.07, 6.45) is 1.56. The van der Waals surface area contributed by atoms with Gasteiger partial charge < -0.3 is 16.6 Å². The molecule has 0 saturated heterocycles. The lowest BCUT2D eigenvalue weighted by atomic mass is 9.80. The van der Waals surface area contributed by atoms with E-state index >= 15 is 0 Å². The first-order valence-corrected chi connectivity index (χ1v) is 4.10. The van der Waals surface area contributed by atoms with Crippen molar-refractivity contribution in [3.05, 3.63) is 0 Å². The molecule has 0 aliphatic heterocycles. The third-order valence-corrected chi connectivity index (χ3v) is 2.13. The molecule has 0 aromatic carbocycles. The molecule has 0 amide bonds. The summed E-state index contributed by atoms with van der Waals surface area (Å²) in [5.41, 5.74) is 10.4. The van der Waals surface area contributed by atoms with Crippen LogP contribution in [0.1, 0.15) is 26.7 Å². The van der Waals surface area contributed by atoms with E-state index in [9.17, 15) is 4.79 Å². The lowest BCUT2D eigenvalue weighted by Crippen LogP contribution is -2.44. The molecule has 0 rings (SSSR count). The molecule has 0 aliphatic rings. The number of hydrogen-bond acceptors (Lipinski definition) is 3. The van der Waals surface area contributed by atoms with Gasteiger partial charge in [0.05, 0.1) is 0 Å².